The van der Waals surface area contributed by atoms with Crippen molar-refractivity contribution in [2.24, 2.45) is 0 Å². The van der Waals surface area contributed by atoms with Gasteiger partial charge in [0, 0.05) is 30.0 Å². The summed E-state index contributed by atoms with van der Waals surface area (Å²) in [4.78, 5) is 17.7. The molecule has 0 unspecified atom stereocenters. The molecule has 1 fully saturated rings. The van der Waals surface area contributed by atoms with Crippen LogP contribution >= 0.6 is 15.9 Å². The van der Waals surface area contributed by atoms with E-state index >= 15 is 0 Å². The third-order valence-corrected chi connectivity index (χ3v) is 2.68. The van der Waals surface area contributed by atoms with Gasteiger partial charge in [0.2, 0.25) is 0 Å². The molecule has 1 amide bonds. The van der Waals surface area contributed by atoms with Crippen molar-refractivity contribution < 1.29 is 9.53 Å². The number of ether oxygens (including phenoxy) is 1. The summed E-state index contributed by atoms with van der Waals surface area (Å²) in [5, 5.41) is 0. The topological polar surface area (TPSA) is 42.4 Å². The molecule has 0 aromatic carbocycles. The summed E-state index contributed by atoms with van der Waals surface area (Å²) in [6.07, 6.45) is 3.25. The monoisotopic (exact) mass is 270 g/mol. The van der Waals surface area contributed by atoms with E-state index in [2.05, 4.69) is 20.9 Å². The van der Waals surface area contributed by atoms with Crippen LogP contribution in [0.2, 0.25) is 0 Å². The Morgan fingerprint density at radius 2 is 2.13 bits per heavy atom. The minimum Gasteiger partial charge on any atom is -0.378 e. The van der Waals surface area contributed by atoms with Crippen LogP contribution in [-0.4, -0.2) is 42.1 Å². The third kappa shape index (κ3) is 2.54. The number of halogens is 1. The molecule has 0 spiro atoms. The van der Waals surface area contributed by atoms with Crippen LogP contribution in [0.25, 0.3) is 0 Å². The lowest BCUT2D eigenvalue weighted by molar-refractivity contribution is 0.0302. The first-order valence-electron chi connectivity index (χ1n) is 4.75. The average Bonchev–Trinajstić information content (AvgIpc) is 2.29. The molecule has 4 nitrogen and oxygen atoms in total. The Kier molecular flexibility index (Phi) is 3.33. The fourth-order valence-electron chi connectivity index (χ4n) is 1.48. The molecule has 0 atom stereocenters. The maximum absolute atomic E-state index is 12.0. The van der Waals surface area contributed by atoms with Gasteiger partial charge in [0.15, 0.2) is 0 Å². The lowest BCUT2D eigenvalue weighted by atomic mass is 10.2. The number of hydrogen-bond acceptors (Lipinski definition) is 3. The number of rotatable bonds is 1. The molecule has 15 heavy (non-hydrogen) atoms. The molecule has 1 aromatic rings. The number of hydrogen-bond donors (Lipinski definition) is 0. The summed E-state index contributed by atoms with van der Waals surface area (Å²) >= 11 is 3.30. The Morgan fingerprint density at radius 1 is 1.40 bits per heavy atom. The van der Waals surface area contributed by atoms with Gasteiger partial charge in [0.25, 0.3) is 5.91 Å². The zero-order valence-electron chi connectivity index (χ0n) is 8.15. The quantitative estimate of drug-likeness (QED) is 0.773. The van der Waals surface area contributed by atoms with Crippen molar-refractivity contribution in [2.45, 2.75) is 0 Å². The fraction of sp³-hybridized carbons (Fsp3) is 0.400. The predicted molar refractivity (Wildman–Crippen MR) is 58.7 cm³/mol. The van der Waals surface area contributed by atoms with Crippen LogP contribution in [0.15, 0.2) is 22.9 Å². The molecular weight excluding hydrogens is 260 g/mol. The van der Waals surface area contributed by atoms with E-state index in [1.54, 1.807) is 23.4 Å². The summed E-state index contributed by atoms with van der Waals surface area (Å²) in [5.41, 5.74) is 0.617. The van der Waals surface area contributed by atoms with E-state index in [1.807, 2.05) is 0 Å². The van der Waals surface area contributed by atoms with Crippen LogP contribution in [0.3, 0.4) is 0 Å². The van der Waals surface area contributed by atoms with Crippen molar-refractivity contribution in [2.75, 3.05) is 26.3 Å². The van der Waals surface area contributed by atoms with E-state index in [9.17, 15) is 4.79 Å². The highest BCUT2D eigenvalue weighted by Gasteiger charge is 2.18. The standard InChI is InChI=1S/C10H11BrN2O2/c11-9-5-8(6-12-7-9)10(14)13-1-3-15-4-2-13/h5-7H,1-4H2. The molecule has 5 heteroatoms. The zero-order valence-corrected chi connectivity index (χ0v) is 9.74. The van der Waals surface area contributed by atoms with Gasteiger partial charge < -0.3 is 9.64 Å². The van der Waals surface area contributed by atoms with E-state index in [4.69, 9.17) is 4.74 Å². The van der Waals surface area contributed by atoms with Crippen molar-refractivity contribution >= 4 is 21.8 Å². The van der Waals surface area contributed by atoms with E-state index in [0.717, 1.165) is 4.47 Å². The highest BCUT2D eigenvalue weighted by Crippen LogP contribution is 2.12. The van der Waals surface area contributed by atoms with Gasteiger partial charge in [-0.15, -0.1) is 0 Å². The molecule has 0 radical (unpaired) electrons. The van der Waals surface area contributed by atoms with Crippen molar-refractivity contribution in [3.8, 4) is 0 Å². The van der Waals surface area contributed by atoms with Crippen molar-refractivity contribution in [3.05, 3.63) is 28.5 Å². The molecule has 0 aliphatic carbocycles. The Hall–Kier alpha value is -0.940. The predicted octanol–water partition coefficient (Wildman–Crippen LogP) is 1.32. The van der Waals surface area contributed by atoms with Crippen molar-refractivity contribution in [1.82, 2.24) is 9.88 Å². The molecule has 0 saturated carbocycles. The van der Waals surface area contributed by atoms with Crippen LogP contribution in [-0.2, 0) is 4.74 Å². The number of nitrogens with zero attached hydrogens (tertiary/aromatic N) is 2. The Labute approximate surface area is 96.4 Å². The minimum atomic E-state index is 0.0205. The number of amides is 1. The smallest absolute Gasteiger partial charge is 0.255 e. The maximum Gasteiger partial charge on any atom is 0.255 e. The van der Waals surface area contributed by atoms with Gasteiger partial charge in [-0.3, -0.25) is 9.78 Å². The second-order valence-corrected chi connectivity index (χ2v) is 4.21. The second-order valence-electron chi connectivity index (χ2n) is 3.30. The molecule has 0 bridgehead atoms. The lowest BCUT2D eigenvalue weighted by Crippen LogP contribution is -2.40. The molecule has 1 aliphatic heterocycles. The molecule has 1 saturated heterocycles. The highest BCUT2D eigenvalue weighted by atomic mass is 79.9. The van der Waals surface area contributed by atoms with Gasteiger partial charge >= 0.3 is 0 Å². The Morgan fingerprint density at radius 3 is 2.80 bits per heavy atom. The second kappa shape index (κ2) is 4.72. The van der Waals surface area contributed by atoms with Crippen molar-refractivity contribution in [1.29, 1.82) is 0 Å². The van der Waals surface area contributed by atoms with E-state index in [1.165, 1.54) is 0 Å². The fourth-order valence-corrected chi connectivity index (χ4v) is 1.84. The van der Waals surface area contributed by atoms with Crippen LogP contribution in [0, 0.1) is 0 Å². The van der Waals surface area contributed by atoms with Gasteiger partial charge in [0.1, 0.15) is 0 Å². The number of pyridine rings is 1. The summed E-state index contributed by atoms with van der Waals surface area (Å²) in [6, 6.07) is 1.78. The average molecular weight is 271 g/mol. The number of carbonyl (C=O) groups is 1. The first-order chi connectivity index (χ1) is 7.27. The van der Waals surface area contributed by atoms with Gasteiger partial charge in [-0.05, 0) is 22.0 Å². The first-order valence-corrected chi connectivity index (χ1v) is 5.54. The molecule has 2 rings (SSSR count). The first kappa shape index (κ1) is 10.6. The summed E-state index contributed by atoms with van der Waals surface area (Å²) in [7, 11) is 0. The highest BCUT2D eigenvalue weighted by molar-refractivity contribution is 9.10. The summed E-state index contributed by atoms with van der Waals surface area (Å²) in [6.45, 7) is 2.55. The van der Waals surface area contributed by atoms with Gasteiger partial charge in [-0.25, -0.2) is 0 Å². The van der Waals surface area contributed by atoms with Crippen LogP contribution in [0.1, 0.15) is 10.4 Å². The number of aromatic nitrogens is 1. The molecule has 0 N–H and O–H groups in total. The maximum atomic E-state index is 12.0. The largest absolute Gasteiger partial charge is 0.378 e. The van der Waals surface area contributed by atoms with E-state index in [-0.39, 0.29) is 5.91 Å². The molecule has 2 heterocycles. The molecule has 1 aromatic heterocycles. The number of morpholine rings is 1. The molecule has 80 valence electrons. The SMILES string of the molecule is O=C(c1cncc(Br)c1)N1CCOCC1. The third-order valence-electron chi connectivity index (χ3n) is 2.25. The van der Waals surface area contributed by atoms with E-state index < -0.39 is 0 Å². The molecule has 1 aliphatic rings. The van der Waals surface area contributed by atoms with Crippen LogP contribution in [0.4, 0.5) is 0 Å². The zero-order chi connectivity index (χ0) is 10.7. The minimum absolute atomic E-state index is 0.0205. The van der Waals surface area contributed by atoms with Crippen molar-refractivity contribution in [3.63, 3.8) is 0 Å². The Bertz CT molecular complexity index is 364. The normalized spacial score (nSPS) is 16.5. The number of carbonyl (C=O) groups excluding carboxylic acids is 1. The van der Waals surface area contributed by atoms with Crippen LogP contribution in [0.5, 0.6) is 0 Å². The van der Waals surface area contributed by atoms with Crippen LogP contribution < -0.4 is 0 Å². The van der Waals surface area contributed by atoms with Gasteiger partial charge in [-0.1, -0.05) is 0 Å². The summed E-state index contributed by atoms with van der Waals surface area (Å²) in [5.74, 6) is 0.0205. The molecular formula is C10H11BrN2O2. The van der Waals surface area contributed by atoms with Gasteiger partial charge in [-0.2, -0.15) is 0 Å². The van der Waals surface area contributed by atoms with E-state index in [0.29, 0.717) is 31.9 Å². The lowest BCUT2D eigenvalue weighted by Gasteiger charge is -2.26. The van der Waals surface area contributed by atoms with Gasteiger partial charge in [0.05, 0.1) is 18.8 Å². The Balaban J connectivity index is 2.12. The summed E-state index contributed by atoms with van der Waals surface area (Å²) < 4.78 is 6.01.